The summed E-state index contributed by atoms with van der Waals surface area (Å²) < 4.78 is 0. The third-order valence-electron chi connectivity index (χ3n) is 4.34. The topological polar surface area (TPSA) is 52.5 Å². The van der Waals surface area contributed by atoms with Crippen LogP contribution in [0, 0.1) is 0 Å². The van der Waals surface area contributed by atoms with Crippen molar-refractivity contribution in [3.05, 3.63) is 83.4 Å². The number of aliphatic hydroxyl groups excluding tert-OH is 1. The van der Waals surface area contributed by atoms with Crippen molar-refractivity contribution in [2.45, 2.75) is 0 Å². The van der Waals surface area contributed by atoms with Crippen LogP contribution in [-0.4, -0.2) is 16.9 Å². The van der Waals surface area contributed by atoms with Crippen molar-refractivity contribution in [1.82, 2.24) is 0 Å². The third-order valence-corrected chi connectivity index (χ3v) is 4.34. The summed E-state index contributed by atoms with van der Waals surface area (Å²) in [6, 6.07) is 21.7. The lowest BCUT2D eigenvalue weighted by Gasteiger charge is -2.08. The van der Waals surface area contributed by atoms with Crippen LogP contribution in [0.4, 0.5) is 5.69 Å². The Bertz CT molecular complexity index is 944. The smallest absolute Gasteiger partial charge is 0.122 e. The van der Waals surface area contributed by atoms with Crippen LogP contribution in [0.2, 0.25) is 0 Å². The number of anilines is 1. The highest BCUT2D eigenvalue weighted by Crippen LogP contribution is 2.46. The van der Waals surface area contributed by atoms with E-state index in [9.17, 15) is 5.11 Å². The summed E-state index contributed by atoms with van der Waals surface area (Å²) in [5.74, 6) is 0.264. The number of fused-ring (bicyclic) bond motifs is 3. The Morgan fingerprint density at radius 3 is 2.29 bits per heavy atom. The molecule has 0 bridgehead atoms. The van der Waals surface area contributed by atoms with Crippen LogP contribution in [-0.2, 0) is 0 Å². The lowest BCUT2D eigenvalue weighted by Crippen LogP contribution is -1.99. The summed E-state index contributed by atoms with van der Waals surface area (Å²) in [4.78, 5) is 0. The maximum absolute atomic E-state index is 10.1. The molecule has 0 aromatic heterocycles. The van der Waals surface area contributed by atoms with Gasteiger partial charge in [-0.15, -0.1) is 0 Å². The first-order valence-corrected chi connectivity index (χ1v) is 7.86. The van der Waals surface area contributed by atoms with E-state index in [1.165, 1.54) is 5.56 Å². The molecular formula is C21H17NO2. The molecule has 3 heteroatoms. The first-order chi connectivity index (χ1) is 11.8. The van der Waals surface area contributed by atoms with Crippen molar-refractivity contribution in [3.63, 3.8) is 0 Å². The summed E-state index contributed by atoms with van der Waals surface area (Å²) in [6.07, 6.45) is 2.02. The number of nitrogens with one attached hydrogen (secondary N) is 1. The van der Waals surface area contributed by atoms with E-state index in [0.29, 0.717) is 0 Å². The molecule has 0 fully saturated rings. The Morgan fingerprint density at radius 1 is 0.792 bits per heavy atom. The van der Waals surface area contributed by atoms with Gasteiger partial charge in [-0.05, 0) is 52.1 Å². The van der Waals surface area contributed by atoms with E-state index in [1.807, 2.05) is 48.5 Å². The molecule has 1 aliphatic rings. The standard InChI is InChI=1S/C21H17NO2/c23-13-22-15-9-10-18-16-6-2-3-7-17(16)19(20(18)12-15)11-14-5-1-4-8-21(14)24/h1-12,22-24H,13H2/b19-11+. The number of hydrogen-bond acceptors (Lipinski definition) is 3. The first-order valence-electron chi connectivity index (χ1n) is 7.86. The molecule has 3 nitrogen and oxygen atoms in total. The zero-order valence-corrected chi connectivity index (χ0v) is 13.0. The molecule has 24 heavy (non-hydrogen) atoms. The molecule has 0 radical (unpaired) electrons. The number of para-hydroxylation sites is 1. The fourth-order valence-electron chi connectivity index (χ4n) is 3.22. The average molecular weight is 315 g/mol. The van der Waals surface area contributed by atoms with Crippen molar-refractivity contribution in [2.75, 3.05) is 12.0 Å². The molecule has 0 heterocycles. The van der Waals surface area contributed by atoms with Crippen LogP contribution in [0.15, 0.2) is 66.7 Å². The van der Waals surface area contributed by atoms with Crippen LogP contribution in [0.1, 0.15) is 16.7 Å². The summed E-state index contributed by atoms with van der Waals surface area (Å²) in [5, 5.41) is 22.2. The maximum Gasteiger partial charge on any atom is 0.122 e. The fraction of sp³-hybridized carbons (Fsp3) is 0.0476. The Kier molecular flexibility index (Phi) is 3.56. The minimum Gasteiger partial charge on any atom is -0.507 e. The predicted molar refractivity (Wildman–Crippen MR) is 97.7 cm³/mol. The normalized spacial score (nSPS) is 13.6. The Hall–Kier alpha value is -3.04. The van der Waals surface area contributed by atoms with Crippen LogP contribution in [0.3, 0.4) is 0 Å². The molecular weight excluding hydrogens is 298 g/mol. The van der Waals surface area contributed by atoms with E-state index < -0.39 is 0 Å². The van der Waals surface area contributed by atoms with Gasteiger partial charge in [0.15, 0.2) is 0 Å². The highest BCUT2D eigenvalue weighted by molar-refractivity contribution is 6.07. The number of rotatable bonds is 3. The highest BCUT2D eigenvalue weighted by atomic mass is 16.3. The highest BCUT2D eigenvalue weighted by Gasteiger charge is 2.23. The molecule has 3 aromatic rings. The van der Waals surface area contributed by atoms with Crippen LogP contribution in [0.5, 0.6) is 5.75 Å². The van der Waals surface area contributed by atoms with Crippen molar-refractivity contribution in [1.29, 1.82) is 0 Å². The quantitative estimate of drug-likeness (QED) is 0.493. The summed E-state index contributed by atoms with van der Waals surface area (Å²) in [5.41, 5.74) is 7.32. The molecule has 0 atom stereocenters. The molecule has 3 N–H and O–H groups in total. The van der Waals surface area contributed by atoms with Gasteiger partial charge < -0.3 is 15.5 Å². The van der Waals surface area contributed by atoms with Gasteiger partial charge in [0.2, 0.25) is 0 Å². The summed E-state index contributed by atoms with van der Waals surface area (Å²) in [7, 11) is 0. The van der Waals surface area contributed by atoms with Gasteiger partial charge in [-0.3, -0.25) is 0 Å². The van der Waals surface area contributed by atoms with Crippen LogP contribution < -0.4 is 5.32 Å². The molecule has 0 saturated carbocycles. The summed E-state index contributed by atoms with van der Waals surface area (Å²) >= 11 is 0. The van der Waals surface area contributed by atoms with Gasteiger partial charge in [0.05, 0.1) is 0 Å². The van der Waals surface area contributed by atoms with E-state index in [1.54, 1.807) is 6.07 Å². The van der Waals surface area contributed by atoms with Gasteiger partial charge in [0.25, 0.3) is 0 Å². The van der Waals surface area contributed by atoms with E-state index in [0.717, 1.165) is 33.5 Å². The lowest BCUT2D eigenvalue weighted by atomic mass is 10.0. The zero-order valence-electron chi connectivity index (χ0n) is 13.0. The fourth-order valence-corrected chi connectivity index (χ4v) is 3.22. The predicted octanol–water partition coefficient (Wildman–Crippen LogP) is 4.32. The largest absolute Gasteiger partial charge is 0.507 e. The maximum atomic E-state index is 10.1. The number of phenols is 1. The first kappa shape index (κ1) is 14.5. The molecule has 0 saturated heterocycles. The third kappa shape index (κ3) is 2.36. The number of aliphatic hydroxyl groups is 1. The van der Waals surface area contributed by atoms with Crippen molar-refractivity contribution in [2.24, 2.45) is 0 Å². The monoisotopic (exact) mass is 315 g/mol. The van der Waals surface area contributed by atoms with E-state index in [4.69, 9.17) is 5.11 Å². The SMILES string of the molecule is OCNc1ccc2c(c1)/C(=C/c1ccccc1O)c1ccccc1-2. The lowest BCUT2D eigenvalue weighted by molar-refractivity contribution is 0.325. The minimum atomic E-state index is -0.107. The van der Waals surface area contributed by atoms with Gasteiger partial charge >= 0.3 is 0 Å². The second kappa shape index (κ2) is 5.87. The van der Waals surface area contributed by atoms with E-state index in [2.05, 4.69) is 23.5 Å². The second-order valence-electron chi connectivity index (χ2n) is 5.76. The van der Waals surface area contributed by atoms with Crippen molar-refractivity contribution >= 4 is 17.3 Å². The molecule has 3 aromatic carbocycles. The zero-order chi connectivity index (χ0) is 16.5. The van der Waals surface area contributed by atoms with Gasteiger partial charge in [-0.25, -0.2) is 0 Å². The molecule has 0 amide bonds. The number of hydrogen-bond donors (Lipinski definition) is 3. The molecule has 0 aliphatic heterocycles. The van der Waals surface area contributed by atoms with Crippen molar-refractivity contribution < 1.29 is 10.2 Å². The minimum absolute atomic E-state index is 0.107. The molecule has 4 rings (SSSR count). The number of aromatic hydroxyl groups is 1. The van der Waals surface area contributed by atoms with Crippen LogP contribution in [0.25, 0.3) is 22.8 Å². The molecule has 1 aliphatic carbocycles. The van der Waals surface area contributed by atoms with Gasteiger partial charge in [0, 0.05) is 11.3 Å². The second-order valence-corrected chi connectivity index (χ2v) is 5.76. The van der Waals surface area contributed by atoms with Gasteiger partial charge in [0.1, 0.15) is 12.5 Å². The van der Waals surface area contributed by atoms with Gasteiger partial charge in [-0.2, -0.15) is 0 Å². The van der Waals surface area contributed by atoms with Gasteiger partial charge in [-0.1, -0.05) is 48.5 Å². The Morgan fingerprint density at radius 2 is 1.50 bits per heavy atom. The number of phenolic OH excluding ortho intramolecular Hbond substituents is 1. The van der Waals surface area contributed by atoms with Crippen LogP contribution >= 0.6 is 0 Å². The molecule has 118 valence electrons. The molecule has 0 unspecified atom stereocenters. The number of benzene rings is 3. The van der Waals surface area contributed by atoms with Crippen molar-refractivity contribution in [3.8, 4) is 16.9 Å². The average Bonchev–Trinajstić information content (AvgIpc) is 2.91. The van der Waals surface area contributed by atoms with E-state index >= 15 is 0 Å². The summed E-state index contributed by atoms with van der Waals surface area (Å²) in [6.45, 7) is -0.107. The van der Waals surface area contributed by atoms with E-state index in [-0.39, 0.29) is 12.5 Å². The Labute approximate surface area is 140 Å². The Balaban J connectivity index is 1.94. The molecule has 0 spiro atoms.